The van der Waals surface area contributed by atoms with Gasteiger partial charge in [-0.25, -0.2) is 0 Å². The van der Waals surface area contributed by atoms with Crippen molar-refractivity contribution in [3.63, 3.8) is 0 Å². The maximum absolute atomic E-state index is 9.03. The zero-order valence-electron chi connectivity index (χ0n) is 7.04. The molecule has 1 rings (SSSR count). The highest BCUT2D eigenvalue weighted by molar-refractivity contribution is 6.18. The molecule has 2 unspecified atom stereocenters. The molecule has 1 fully saturated rings. The van der Waals surface area contributed by atoms with E-state index in [9.17, 15) is 0 Å². The summed E-state index contributed by atoms with van der Waals surface area (Å²) in [6.45, 7) is 1.73. The lowest BCUT2D eigenvalue weighted by Crippen LogP contribution is -2.21. The molecule has 4 heteroatoms. The molecule has 2 atom stereocenters. The Morgan fingerprint density at radius 2 is 2.50 bits per heavy atom. The van der Waals surface area contributed by atoms with Crippen LogP contribution >= 0.6 is 11.6 Å². The number of aliphatic hydroxyl groups excluding tert-OH is 1. The van der Waals surface area contributed by atoms with Crippen molar-refractivity contribution in [2.45, 2.75) is 25.0 Å². The summed E-state index contributed by atoms with van der Waals surface area (Å²) in [6.07, 6.45) is 1.86. The topological polar surface area (TPSA) is 38.7 Å². The standard InChI is InChI=1S/C8H15ClO3/c9-4-7(10)5-11-6-8-2-1-3-12-8/h7-8,10H,1-6H2. The Hall–Kier alpha value is 0.170. The van der Waals surface area contributed by atoms with Crippen molar-refractivity contribution in [2.75, 3.05) is 25.7 Å². The van der Waals surface area contributed by atoms with Gasteiger partial charge in [0.2, 0.25) is 0 Å². The maximum Gasteiger partial charge on any atom is 0.0908 e. The molecule has 72 valence electrons. The van der Waals surface area contributed by atoms with Gasteiger partial charge in [-0.15, -0.1) is 11.6 Å². The van der Waals surface area contributed by atoms with Crippen LogP contribution in [0.25, 0.3) is 0 Å². The molecule has 3 nitrogen and oxygen atoms in total. The van der Waals surface area contributed by atoms with Crippen molar-refractivity contribution in [2.24, 2.45) is 0 Å². The summed E-state index contributed by atoms with van der Waals surface area (Å²) in [5, 5.41) is 9.03. The summed E-state index contributed by atoms with van der Waals surface area (Å²) < 4.78 is 10.5. The second-order valence-corrected chi connectivity index (χ2v) is 3.29. The lowest BCUT2D eigenvalue weighted by atomic mass is 10.2. The fourth-order valence-electron chi connectivity index (χ4n) is 1.16. The van der Waals surface area contributed by atoms with Crippen LogP contribution in [0.1, 0.15) is 12.8 Å². The molecule has 0 spiro atoms. The summed E-state index contributed by atoms with van der Waals surface area (Å²) >= 11 is 5.39. The van der Waals surface area contributed by atoms with Gasteiger partial charge in [-0.2, -0.15) is 0 Å². The first-order valence-corrected chi connectivity index (χ1v) is 4.79. The Kier molecular flexibility index (Phi) is 4.92. The number of ether oxygens (including phenoxy) is 2. The quantitative estimate of drug-likeness (QED) is 0.658. The molecule has 1 N–H and O–H groups in total. The zero-order valence-corrected chi connectivity index (χ0v) is 7.79. The van der Waals surface area contributed by atoms with Gasteiger partial charge in [0.15, 0.2) is 0 Å². The van der Waals surface area contributed by atoms with Crippen LogP contribution in [-0.4, -0.2) is 43.0 Å². The average Bonchev–Trinajstić information content (AvgIpc) is 2.57. The fourth-order valence-corrected chi connectivity index (χ4v) is 1.24. The normalized spacial score (nSPS) is 26.0. The van der Waals surface area contributed by atoms with Crippen LogP contribution in [0.15, 0.2) is 0 Å². The van der Waals surface area contributed by atoms with E-state index >= 15 is 0 Å². The van der Waals surface area contributed by atoms with Gasteiger partial charge >= 0.3 is 0 Å². The number of halogens is 1. The van der Waals surface area contributed by atoms with Crippen LogP contribution in [-0.2, 0) is 9.47 Å². The van der Waals surface area contributed by atoms with Crippen LogP contribution in [0.2, 0.25) is 0 Å². The molecular formula is C8H15ClO3. The van der Waals surface area contributed by atoms with Crippen molar-refractivity contribution >= 4 is 11.6 Å². The second kappa shape index (κ2) is 5.75. The fraction of sp³-hybridized carbons (Fsp3) is 1.00. The minimum absolute atomic E-state index is 0.228. The van der Waals surface area contributed by atoms with E-state index in [0.29, 0.717) is 13.2 Å². The molecular weight excluding hydrogens is 180 g/mol. The zero-order chi connectivity index (χ0) is 8.81. The van der Waals surface area contributed by atoms with E-state index < -0.39 is 6.10 Å². The first-order valence-electron chi connectivity index (χ1n) is 4.26. The van der Waals surface area contributed by atoms with Gasteiger partial charge in [-0.3, -0.25) is 0 Å². The molecule has 1 aliphatic rings. The summed E-state index contributed by atoms with van der Waals surface area (Å²) in [7, 11) is 0. The Labute approximate surface area is 77.6 Å². The highest BCUT2D eigenvalue weighted by atomic mass is 35.5. The smallest absolute Gasteiger partial charge is 0.0908 e. The van der Waals surface area contributed by atoms with E-state index in [2.05, 4.69) is 0 Å². The van der Waals surface area contributed by atoms with E-state index in [1.54, 1.807) is 0 Å². The van der Waals surface area contributed by atoms with Gasteiger partial charge in [-0.05, 0) is 12.8 Å². The first kappa shape index (κ1) is 10.3. The maximum atomic E-state index is 9.03. The van der Waals surface area contributed by atoms with Crippen molar-refractivity contribution in [3.8, 4) is 0 Å². The van der Waals surface area contributed by atoms with Gasteiger partial charge in [0.05, 0.1) is 31.3 Å². The highest BCUT2D eigenvalue weighted by Crippen LogP contribution is 2.11. The van der Waals surface area contributed by atoms with Crippen LogP contribution in [0, 0.1) is 0 Å². The van der Waals surface area contributed by atoms with E-state index in [-0.39, 0.29) is 12.0 Å². The second-order valence-electron chi connectivity index (χ2n) is 2.98. The predicted molar refractivity (Wildman–Crippen MR) is 46.5 cm³/mol. The Balaban J connectivity index is 1.94. The lowest BCUT2D eigenvalue weighted by Gasteiger charge is -2.11. The Morgan fingerprint density at radius 3 is 3.08 bits per heavy atom. The van der Waals surface area contributed by atoms with Crippen LogP contribution < -0.4 is 0 Å². The average molecular weight is 195 g/mol. The van der Waals surface area contributed by atoms with Gasteiger partial charge in [0, 0.05) is 6.61 Å². The molecule has 0 aromatic rings. The lowest BCUT2D eigenvalue weighted by molar-refractivity contribution is -0.0116. The van der Waals surface area contributed by atoms with E-state index in [1.807, 2.05) is 0 Å². The third-order valence-corrected chi connectivity index (χ3v) is 2.17. The summed E-state index contributed by atoms with van der Waals surface area (Å²) in [5.41, 5.74) is 0. The Morgan fingerprint density at radius 1 is 1.67 bits per heavy atom. The van der Waals surface area contributed by atoms with E-state index in [4.69, 9.17) is 26.2 Å². The highest BCUT2D eigenvalue weighted by Gasteiger charge is 2.15. The van der Waals surface area contributed by atoms with Crippen LogP contribution in [0.4, 0.5) is 0 Å². The first-order chi connectivity index (χ1) is 5.83. The van der Waals surface area contributed by atoms with Gasteiger partial charge in [0.1, 0.15) is 0 Å². The number of aliphatic hydroxyl groups is 1. The third kappa shape index (κ3) is 3.72. The summed E-state index contributed by atoms with van der Waals surface area (Å²) in [4.78, 5) is 0. The number of rotatable bonds is 5. The van der Waals surface area contributed by atoms with E-state index in [0.717, 1.165) is 19.4 Å². The minimum Gasteiger partial charge on any atom is -0.389 e. The molecule has 1 heterocycles. The summed E-state index contributed by atoms with van der Waals surface area (Å²) in [5.74, 6) is 0.228. The molecule has 0 amide bonds. The van der Waals surface area contributed by atoms with Crippen molar-refractivity contribution in [1.82, 2.24) is 0 Å². The molecule has 0 aromatic carbocycles. The largest absolute Gasteiger partial charge is 0.389 e. The van der Waals surface area contributed by atoms with Crippen molar-refractivity contribution in [1.29, 1.82) is 0 Å². The molecule has 0 aliphatic carbocycles. The number of alkyl halides is 1. The molecule has 0 bridgehead atoms. The van der Waals surface area contributed by atoms with Crippen LogP contribution in [0.5, 0.6) is 0 Å². The third-order valence-electron chi connectivity index (χ3n) is 1.82. The number of hydrogen-bond acceptors (Lipinski definition) is 3. The van der Waals surface area contributed by atoms with E-state index in [1.165, 1.54) is 0 Å². The number of hydrogen-bond donors (Lipinski definition) is 1. The van der Waals surface area contributed by atoms with Crippen LogP contribution in [0.3, 0.4) is 0 Å². The molecule has 1 aliphatic heterocycles. The monoisotopic (exact) mass is 194 g/mol. The molecule has 0 radical (unpaired) electrons. The van der Waals surface area contributed by atoms with Crippen molar-refractivity contribution < 1.29 is 14.6 Å². The Bertz CT molecular complexity index is 115. The molecule has 0 saturated carbocycles. The SMILES string of the molecule is OC(CCl)COCC1CCCO1. The van der Waals surface area contributed by atoms with Gasteiger partial charge in [0.25, 0.3) is 0 Å². The summed E-state index contributed by atoms with van der Waals surface area (Å²) in [6, 6.07) is 0. The van der Waals surface area contributed by atoms with Gasteiger partial charge < -0.3 is 14.6 Å². The van der Waals surface area contributed by atoms with Crippen molar-refractivity contribution in [3.05, 3.63) is 0 Å². The molecule has 1 saturated heterocycles. The molecule has 12 heavy (non-hydrogen) atoms. The molecule has 0 aromatic heterocycles. The predicted octanol–water partition coefficient (Wildman–Crippen LogP) is 0.782. The van der Waals surface area contributed by atoms with Gasteiger partial charge in [-0.1, -0.05) is 0 Å². The minimum atomic E-state index is -0.548.